The lowest BCUT2D eigenvalue weighted by atomic mass is 10.1. The van der Waals surface area contributed by atoms with Crippen LogP contribution < -0.4 is 11.1 Å². The molecule has 2 nitrogen and oxygen atoms in total. The molecule has 0 aliphatic rings. The molecule has 0 radical (unpaired) electrons. The number of hydrogen-bond donors (Lipinski definition) is 2. The topological polar surface area (TPSA) is 38.0 Å². The number of nitrogen functional groups attached to an aromatic ring is 1. The van der Waals surface area contributed by atoms with E-state index in [2.05, 4.69) is 38.2 Å². The van der Waals surface area contributed by atoms with E-state index in [4.69, 9.17) is 5.73 Å². The summed E-state index contributed by atoms with van der Waals surface area (Å²) in [5.74, 6) is 0. The average molecular weight is 220 g/mol. The monoisotopic (exact) mass is 220 g/mol. The lowest BCUT2D eigenvalue weighted by Crippen LogP contribution is -2.36. The van der Waals surface area contributed by atoms with Gasteiger partial charge in [-0.05, 0) is 64.3 Å². The summed E-state index contributed by atoms with van der Waals surface area (Å²) >= 11 is 0. The second kappa shape index (κ2) is 5.90. The molecule has 0 amide bonds. The van der Waals surface area contributed by atoms with Crippen molar-refractivity contribution in [1.29, 1.82) is 0 Å². The third kappa shape index (κ3) is 5.76. The molecule has 0 aliphatic carbocycles. The van der Waals surface area contributed by atoms with Gasteiger partial charge in [0.05, 0.1) is 0 Å². The molecule has 0 aliphatic heterocycles. The van der Waals surface area contributed by atoms with Crippen LogP contribution in [0.5, 0.6) is 0 Å². The van der Waals surface area contributed by atoms with Crippen LogP contribution >= 0.6 is 0 Å². The van der Waals surface area contributed by atoms with Crippen LogP contribution in [0.2, 0.25) is 0 Å². The zero-order chi connectivity index (χ0) is 12.0. The zero-order valence-electron chi connectivity index (χ0n) is 10.7. The molecule has 0 saturated carbocycles. The van der Waals surface area contributed by atoms with E-state index in [1.807, 2.05) is 12.1 Å². The third-order valence-electron chi connectivity index (χ3n) is 2.53. The van der Waals surface area contributed by atoms with Gasteiger partial charge in [0.1, 0.15) is 0 Å². The largest absolute Gasteiger partial charge is 0.399 e. The molecule has 1 aromatic rings. The number of nitrogens with two attached hydrogens (primary N) is 1. The van der Waals surface area contributed by atoms with Crippen LogP contribution in [0.3, 0.4) is 0 Å². The van der Waals surface area contributed by atoms with Crippen LogP contribution in [0, 0.1) is 0 Å². The Balaban J connectivity index is 2.14. The highest BCUT2D eigenvalue weighted by atomic mass is 14.9. The smallest absolute Gasteiger partial charge is 0.0314 e. The number of hydrogen-bond acceptors (Lipinski definition) is 2. The van der Waals surface area contributed by atoms with Crippen molar-refractivity contribution in [3.05, 3.63) is 29.8 Å². The summed E-state index contributed by atoms with van der Waals surface area (Å²) in [6.45, 7) is 7.70. The summed E-state index contributed by atoms with van der Waals surface area (Å²) in [6, 6.07) is 8.19. The fourth-order valence-electron chi connectivity index (χ4n) is 1.60. The fraction of sp³-hybridized carbons (Fsp3) is 0.571. The zero-order valence-corrected chi connectivity index (χ0v) is 10.7. The summed E-state index contributed by atoms with van der Waals surface area (Å²) in [5, 5.41) is 3.50. The van der Waals surface area contributed by atoms with Gasteiger partial charge in [-0.1, -0.05) is 12.1 Å². The number of anilines is 1. The molecule has 3 N–H and O–H groups in total. The van der Waals surface area contributed by atoms with Crippen molar-refractivity contribution in [3.63, 3.8) is 0 Å². The van der Waals surface area contributed by atoms with Crippen LogP contribution in [0.15, 0.2) is 24.3 Å². The molecule has 0 unspecified atom stereocenters. The minimum atomic E-state index is 0.237. The Morgan fingerprint density at radius 2 is 1.69 bits per heavy atom. The molecule has 0 fully saturated rings. The van der Waals surface area contributed by atoms with Crippen LogP contribution in [-0.4, -0.2) is 12.1 Å². The van der Waals surface area contributed by atoms with Crippen molar-refractivity contribution in [3.8, 4) is 0 Å². The molecular formula is C14H24N2. The predicted octanol–water partition coefficient (Wildman–Crippen LogP) is 2.98. The fourth-order valence-corrected chi connectivity index (χ4v) is 1.60. The lowest BCUT2D eigenvalue weighted by Gasteiger charge is -2.20. The van der Waals surface area contributed by atoms with E-state index in [0.717, 1.165) is 18.7 Å². The lowest BCUT2D eigenvalue weighted by molar-refractivity contribution is 0.419. The Bertz CT molecular complexity index is 296. The van der Waals surface area contributed by atoms with Crippen molar-refractivity contribution < 1.29 is 0 Å². The molecule has 90 valence electrons. The molecule has 0 heterocycles. The van der Waals surface area contributed by atoms with Crippen molar-refractivity contribution in [2.24, 2.45) is 0 Å². The molecule has 0 spiro atoms. The second-order valence-electron chi connectivity index (χ2n) is 5.38. The first-order chi connectivity index (χ1) is 7.47. The average Bonchev–Trinajstić information content (AvgIpc) is 2.19. The highest BCUT2D eigenvalue weighted by Crippen LogP contribution is 2.08. The molecule has 16 heavy (non-hydrogen) atoms. The highest BCUT2D eigenvalue weighted by Gasteiger charge is 2.06. The quantitative estimate of drug-likeness (QED) is 0.591. The molecule has 1 rings (SSSR count). The molecule has 0 aromatic heterocycles. The maximum atomic E-state index is 5.64. The van der Waals surface area contributed by atoms with Gasteiger partial charge in [0.2, 0.25) is 0 Å². The molecular weight excluding hydrogens is 196 g/mol. The Kier molecular flexibility index (Phi) is 4.81. The number of nitrogens with one attached hydrogen (secondary N) is 1. The van der Waals surface area contributed by atoms with Crippen LogP contribution in [0.25, 0.3) is 0 Å². The van der Waals surface area contributed by atoms with Crippen LogP contribution in [0.4, 0.5) is 5.69 Å². The molecule has 2 heteroatoms. The van der Waals surface area contributed by atoms with E-state index in [1.165, 1.54) is 18.4 Å². The van der Waals surface area contributed by atoms with Gasteiger partial charge < -0.3 is 11.1 Å². The van der Waals surface area contributed by atoms with E-state index in [9.17, 15) is 0 Å². The van der Waals surface area contributed by atoms with Gasteiger partial charge in [-0.15, -0.1) is 0 Å². The van der Waals surface area contributed by atoms with Gasteiger partial charge in [0.25, 0.3) is 0 Å². The maximum Gasteiger partial charge on any atom is 0.0314 e. The highest BCUT2D eigenvalue weighted by molar-refractivity contribution is 5.39. The predicted molar refractivity (Wildman–Crippen MR) is 71.5 cm³/mol. The van der Waals surface area contributed by atoms with Crippen LogP contribution in [-0.2, 0) is 6.42 Å². The van der Waals surface area contributed by atoms with E-state index >= 15 is 0 Å². The summed E-state index contributed by atoms with van der Waals surface area (Å²) in [7, 11) is 0. The molecule has 1 aromatic carbocycles. The minimum Gasteiger partial charge on any atom is -0.399 e. The van der Waals surface area contributed by atoms with Crippen molar-refractivity contribution in [1.82, 2.24) is 5.32 Å². The van der Waals surface area contributed by atoms with Crippen molar-refractivity contribution >= 4 is 5.69 Å². The number of aryl methyl sites for hydroxylation is 1. The maximum absolute atomic E-state index is 5.64. The van der Waals surface area contributed by atoms with Gasteiger partial charge in [0, 0.05) is 11.2 Å². The second-order valence-corrected chi connectivity index (χ2v) is 5.38. The summed E-state index contributed by atoms with van der Waals surface area (Å²) < 4.78 is 0. The third-order valence-corrected chi connectivity index (χ3v) is 2.53. The van der Waals surface area contributed by atoms with Gasteiger partial charge in [-0.25, -0.2) is 0 Å². The molecule has 0 saturated heterocycles. The minimum absolute atomic E-state index is 0.237. The van der Waals surface area contributed by atoms with Gasteiger partial charge >= 0.3 is 0 Å². The van der Waals surface area contributed by atoms with Crippen molar-refractivity contribution in [2.75, 3.05) is 12.3 Å². The summed E-state index contributed by atoms with van der Waals surface area (Å²) in [5.41, 5.74) is 8.10. The van der Waals surface area contributed by atoms with E-state index in [-0.39, 0.29) is 5.54 Å². The van der Waals surface area contributed by atoms with Crippen LogP contribution in [0.1, 0.15) is 39.2 Å². The Morgan fingerprint density at radius 1 is 1.06 bits per heavy atom. The van der Waals surface area contributed by atoms with E-state index < -0.39 is 0 Å². The molecule has 0 atom stereocenters. The van der Waals surface area contributed by atoms with Gasteiger partial charge in [0.15, 0.2) is 0 Å². The van der Waals surface area contributed by atoms with Crippen molar-refractivity contribution in [2.45, 2.75) is 45.6 Å². The normalized spacial score (nSPS) is 11.7. The van der Waals surface area contributed by atoms with Gasteiger partial charge in [-0.3, -0.25) is 0 Å². The first kappa shape index (κ1) is 13.0. The number of benzene rings is 1. The van der Waals surface area contributed by atoms with E-state index in [1.54, 1.807) is 0 Å². The first-order valence-electron chi connectivity index (χ1n) is 6.07. The summed E-state index contributed by atoms with van der Waals surface area (Å²) in [4.78, 5) is 0. The van der Waals surface area contributed by atoms with Gasteiger partial charge in [-0.2, -0.15) is 0 Å². The Morgan fingerprint density at radius 3 is 2.25 bits per heavy atom. The number of unbranched alkanes of at least 4 members (excludes halogenated alkanes) is 1. The first-order valence-corrected chi connectivity index (χ1v) is 6.07. The standard InChI is InChI=1S/C14H24N2/c1-14(2,3)16-11-5-4-6-12-7-9-13(15)10-8-12/h7-10,16H,4-6,11,15H2,1-3H3. The Labute approximate surface area is 99.2 Å². The summed E-state index contributed by atoms with van der Waals surface area (Å²) in [6.07, 6.45) is 3.60. The SMILES string of the molecule is CC(C)(C)NCCCCc1ccc(N)cc1. The van der Waals surface area contributed by atoms with E-state index in [0.29, 0.717) is 0 Å². The number of rotatable bonds is 5. The Hall–Kier alpha value is -1.02. The molecule has 0 bridgehead atoms.